The molecule has 0 saturated heterocycles. The molecule has 0 heterocycles. The highest BCUT2D eigenvalue weighted by Crippen LogP contribution is 2.35. The monoisotopic (exact) mass is 298 g/mol. The zero-order valence-corrected chi connectivity index (χ0v) is 10.5. The van der Waals surface area contributed by atoms with Crippen molar-refractivity contribution in [2.75, 3.05) is 5.75 Å². The van der Waals surface area contributed by atoms with Crippen LogP contribution in [0.25, 0.3) is 0 Å². The Labute approximate surface area is 99.4 Å². The van der Waals surface area contributed by atoms with Gasteiger partial charge in [-0.1, -0.05) is 28.9 Å². The molecular formula is C10H10BrF3S. The fraction of sp³-hybridized carbons (Fsp3) is 0.400. The van der Waals surface area contributed by atoms with E-state index >= 15 is 0 Å². The van der Waals surface area contributed by atoms with Gasteiger partial charge in [-0.15, -0.1) is 0 Å². The number of benzene rings is 1. The number of thioether (sulfide) groups is 1. The van der Waals surface area contributed by atoms with Gasteiger partial charge < -0.3 is 0 Å². The Hall–Kier alpha value is -0.160. The molecule has 0 radical (unpaired) electrons. The lowest BCUT2D eigenvalue weighted by Crippen LogP contribution is -2.06. The summed E-state index contributed by atoms with van der Waals surface area (Å²) in [6, 6.07) is 4.18. The summed E-state index contributed by atoms with van der Waals surface area (Å²) in [6.45, 7) is 2.02. The highest BCUT2D eigenvalue weighted by atomic mass is 79.9. The Kier molecular flexibility index (Phi) is 4.52. The third-order valence-electron chi connectivity index (χ3n) is 1.81. The Morgan fingerprint density at radius 2 is 2.00 bits per heavy atom. The van der Waals surface area contributed by atoms with Crippen molar-refractivity contribution >= 4 is 27.7 Å². The molecule has 0 aliphatic rings. The van der Waals surface area contributed by atoms with E-state index in [0.29, 0.717) is 0 Å². The number of hydrogen-bond donors (Lipinski definition) is 0. The summed E-state index contributed by atoms with van der Waals surface area (Å²) in [7, 11) is 0. The maximum Gasteiger partial charge on any atom is 0.417 e. The molecule has 5 heteroatoms. The zero-order valence-electron chi connectivity index (χ0n) is 8.07. The Balaban J connectivity index is 2.89. The van der Waals surface area contributed by atoms with Crippen LogP contribution in [0.3, 0.4) is 0 Å². The lowest BCUT2D eigenvalue weighted by molar-refractivity contribution is -0.138. The number of hydrogen-bond acceptors (Lipinski definition) is 1. The Morgan fingerprint density at radius 1 is 1.33 bits per heavy atom. The van der Waals surface area contributed by atoms with Crippen molar-refractivity contribution in [1.82, 2.24) is 0 Å². The van der Waals surface area contributed by atoms with Crippen LogP contribution < -0.4 is 0 Å². The molecule has 84 valence electrons. The molecule has 0 N–H and O–H groups in total. The topological polar surface area (TPSA) is 0 Å². The molecule has 0 atom stereocenters. The number of alkyl halides is 3. The van der Waals surface area contributed by atoms with Crippen LogP contribution in [0.15, 0.2) is 22.7 Å². The van der Waals surface area contributed by atoms with Crippen LogP contribution in [0.4, 0.5) is 13.2 Å². The molecule has 0 spiro atoms. The van der Waals surface area contributed by atoms with Gasteiger partial charge in [0.25, 0.3) is 0 Å². The predicted octanol–water partition coefficient (Wildman–Crippen LogP) is 4.72. The van der Waals surface area contributed by atoms with Crippen molar-refractivity contribution in [1.29, 1.82) is 0 Å². The van der Waals surface area contributed by atoms with Gasteiger partial charge in [0.1, 0.15) is 0 Å². The van der Waals surface area contributed by atoms with Crippen molar-refractivity contribution < 1.29 is 13.2 Å². The van der Waals surface area contributed by atoms with Gasteiger partial charge in [-0.3, -0.25) is 0 Å². The molecular weight excluding hydrogens is 289 g/mol. The van der Waals surface area contributed by atoms with Gasteiger partial charge in [-0.05, 0) is 23.4 Å². The molecule has 0 unspecified atom stereocenters. The maximum atomic E-state index is 12.4. The molecule has 0 nitrogen and oxygen atoms in total. The summed E-state index contributed by atoms with van der Waals surface area (Å²) in [4.78, 5) is 0. The van der Waals surface area contributed by atoms with E-state index in [-0.39, 0.29) is 4.47 Å². The summed E-state index contributed by atoms with van der Waals surface area (Å²) in [6.07, 6.45) is -4.28. The summed E-state index contributed by atoms with van der Waals surface area (Å²) in [5, 5.41) is 0. The first-order valence-electron chi connectivity index (χ1n) is 4.38. The fourth-order valence-electron chi connectivity index (χ4n) is 1.10. The second-order valence-corrected chi connectivity index (χ2v) is 5.08. The quantitative estimate of drug-likeness (QED) is 0.778. The van der Waals surface area contributed by atoms with E-state index in [1.807, 2.05) is 6.92 Å². The maximum absolute atomic E-state index is 12.4. The predicted molar refractivity (Wildman–Crippen MR) is 61.0 cm³/mol. The van der Waals surface area contributed by atoms with Gasteiger partial charge in [0.15, 0.2) is 0 Å². The molecule has 0 fully saturated rings. The normalized spacial score (nSPS) is 11.8. The SMILES string of the molecule is CCSCc1ccc(C(F)(F)F)c(Br)c1. The minimum absolute atomic E-state index is 0.115. The van der Waals surface area contributed by atoms with Crippen molar-refractivity contribution in [2.24, 2.45) is 0 Å². The highest BCUT2D eigenvalue weighted by molar-refractivity contribution is 9.10. The summed E-state index contributed by atoms with van der Waals surface area (Å²) in [5.74, 6) is 1.70. The largest absolute Gasteiger partial charge is 0.417 e. The fourth-order valence-corrected chi connectivity index (χ4v) is 2.37. The van der Waals surface area contributed by atoms with Gasteiger partial charge >= 0.3 is 6.18 Å². The first kappa shape index (κ1) is 12.9. The Morgan fingerprint density at radius 3 is 2.47 bits per heavy atom. The van der Waals surface area contributed by atoms with Gasteiger partial charge in [0, 0.05) is 10.2 Å². The van der Waals surface area contributed by atoms with Gasteiger partial charge in [-0.25, -0.2) is 0 Å². The van der Waals surface area contributed by atoms with E-state index in [9.17, 15) is 13.2 Å². The summed E-state index contributed by atoms with van der Waals surface area (Å²) < 4.78 is 37.3. The van der Waals surface area contributed by atoms with Gasteiger partial charge in [-0.2, -0.15) is 24.9 Å². The van der Waals surface area contributed by atoms with Crippen LogP contribution in [-0.2, 0) is 11.9 Å². The molecule has 0 aromatic heterocycles. The van der Waals surface area contributed by atoms with Crippen LogP contribution in [0.2, 0.25) is 0 Å². The van der Waals surface area contributed by atoms with Crippen molar-refractivity contribution in [3.05, 3.63) is 33.8 Å². The van der Waals surface area contributed by atoms with Gasteiger partial charge in [0.05, 0.1) is 5.56 Å². The third-order valence-corrected chi connectivity index (χ3v) is 3.41. The van der Waals surface area contributed by atoms with Crippen LogP contribution >= 0.6 is 27.7 Å². The van der Waals surface area contributed by atoms with E-state index in [4.69, 9.17) is 0 Å². The van der Waals surface area contributed by atoms with E-state index in [1.54, 1.807) is 11.8 Å². The smallest absolute Gasteiger partial charge is 0.166 e. The zero-order chi connectivity index (χ0) is 11.5. The third kappa shape index (κ3) is 3.72. The lowest BCUT2D eigenvalue weighted by atomic mass is 10.1. The minimum atomic E-state index is -4.28. The first-order chi connectivity index (χ1) is 6.95. The molecule has 1 aromatic rings. The molecule has 0 bridgehead atoms. The molecule has 1 rings (SSSR count). The average Bonchev–Trinajstić information content (AvgIpc) is 2.12. The molecule has 1 aromatic carbocycles. The lowest BCUT2D eigenvalue weighted by Gasteiger charge is -2.10. The van der Waals surface area contributed by atoms with Crippen molar-refractivity contribution in [3.63, 3.8) is 0 Å². The van der Waals surface area contributed by atoms with E-state index in [2.05, 4.69) is 15.9 Å². The Bertz CT molecular complexity index is 336. The van der Waals surface area contributed by atoms with Crippen LogP contribution in [-0.4, -0.2) is 5.75 Å². The number of rotatable bonds is 3. The van der Waals surface area contributed by atoms with Crippen LogP contribution in [0.1, 0.15) is 18.1 Å². The molecule has 0 aliphatic carbocycles. The van der Waals surface area contributed by atoms with E-state index in [0.717, 1.165) is 23.1 Å². The van der Waals surface area contributed by atoms with Crippen LogP contribution in [0, 0.1) is 0 Å². The molecule has 0 aliphatic heterocycles. The summed E-state index contributed by atoms with van der Waals surface area (Å²) in [5.41, 5.74) is 0.287. The second-order valence-electron chi connectivity index (χ2n) is 2.95. The van der Waals surface area contributed by atoms with E-state index in [1.165, 1.54) is 12.1 Å². The van der Waals surface area contributed by atoms with Gasteiger partial charge in [0.2, 0.25) is 0 Å². The molecule has 0 saturated carbocycles. The number of halogens is 4. The summed E-state index contributed by atoms with van der Waals surface area (Å²) >= 11 is 4.63. The molecule has 15 heavy (non-hydrogen) atoms. The molecule has 0 amide bonds. The highest BCUT2D eigenvalue weighted by Gasteiger charge is 2.32. The van der Waals surface area contributed by atoms with Crippen molar-refractivity contribution in [2.45, 2.75) is 18.9 Å². The average molecular weight is 299 g/mol. The minimum Gasteiger partial charge on any atom is -0.166 e. The standard InChI is InChI=1S/C10H10BrF3S/c1-2-15-6-7-3-4-8(9(11)5-7)10(12,13)14/h3-5H,2,6H2,1H3. The van der Waals surface area contributed by atoms with E-state index < -0.39 is 11.7 Å². The first-order valence-corrected chi connectivity index (χ1v) is 6.33. The van der Waals surface area contributed by atoms with Crippen molar-refractivity contribution in [3.8, 4) is 0 Å². The second kappa shape index (κ2) is 5.25. The van der Waals surface area contributed by atoms with Crippen LogP contribution in [0.5, 0.6) is 0 Å².